The van der Waals surface area contributed by atoms with Crippen LogP contribution < -0.4 is 10.3 Å². The number of aromatic amines is 1. The summed E-state index contributed by atoms with van der Waals surface area (Å²) in [5.41, 5.74) is 0. The first kappa shape index (κ1) is 7.98. The molecule has 11 heavy (non-hydrogen) atoms. The summed E-state index contributed by atoms with van der Waals surface area (Å²) in [4.78, 5) is 7.09. The van der Waals surface area contributed by atoms with E-state index >= 15 is 0 Å². The van der Waals surface area contributed by atoms with E-state index in [1.54, 1.807) is 6.20 Å². The smallest absolute Gasteiger partial charge is 0.274 e. The zero-order valence-corrected chi connectivity index (χ0v) is 6.96. The minimum absolute atomic E-state index is 0.644. The molecule has 1 aromatic heterocycles. The Morgan fingerprint density at radius 1 is 1.64 bits per heavy atom. The van der Waals surface area contributed by atoms with E-state index in [1.807, 2.05) is 12.3 Å². The van der Waals surface area contributed by atoms with Gasteiger partial charge in [0.1, 0.15) is 6.20 Å². The van der Waals surface area contributed by atoms with Crippen LogP contribution in [0, 0.1) is 5.92 Å². The molecule has 0 atom stereocenters. The van der Waals surface area contributed by atoms with E-state index in [4.69, 9.17) is 0 Å². The van der Waals surface area contributed by atoms with Crippen LogP contribution in [0.15, 0.2) is 18.5 Å². The van der Waals surface area contributed by atoms with E-state index in [0.717, 1.165) is 12.5 Å². The lowest BCUT2D eigenvalue weighted by atomic mass is 10.2. The SMILES string of the molecule is CC(C)CNc1nccc[nH+]1. The van der Waals surface area contributed by atoms with Gasteiger partial charge in [-0.15, -0.1) is 0 Å². The minimum Gasteiger partial charge on any atom is -0.274 e. The van der Waals surface area contributed by atoms with Gasteiger partial charge in [-0.3, -0.25) is 5.32 Å². The van der Waals surface area contributed by atoms with Crippen molar-refractivity contribution >= 4 is 5.95 Å². The van der Waals surface area contributed by atoms with Gasteiger partial charge >= 0.3 is 5.95 Å². The number of hydrogen-bond donors (Lipinski definition) is 1. The molecule has 0 aromatic carbocycles. The summed E-state index contributed by atoms with van der Waals surface area (Å²) in [6.45, 7) is 5.28. The second kappa shape index (κ2) is 3.91. The predicted molar refractivity (Wildman–Crippen MR) is 44.1 cm³/mol. The lowest BCUT2D eigenvalue weighted by molar-refractivity contribution is -0.365. The normalized spacial score (nSPS) is 10.1. The number of anilines is 1. The molecule has 0 fully saturated rings. The molecule has 1 heterocycles. The Bertz CT molecular complexity index is 196. The van der Waals surface area contributed by atoms with E-state index < -0.39 is 0 Å². The van der Waals surface area contributed by atoms with E-state index in [2.05, 4.69) is 29.1 Å². The van der Waals surface area contributed by atoms with Crippen molar-refractivity contribution in [2.24, 2.45) is 5.92 Å². The van der Waals surface area contributed by atoms with Crippen LogP contribution in [-0.4, -0.2) is 11.5 Å². The van der Waals surface area contributed by atoms with Crippen LogP contribution in [0.25, 0.3) is 0 Å². The Kier molecular flexibility index (Phi) is 2.83. The fourth-order valence-electron chi connectivity index (χ4n) is 0.722. The number of rotatable bonds is 3. The maximum atomic E-state index is 4.08. The predicted octanol–water partition coefficient (Wildman–Crippen LogP) is 0.964. The van der Waals surface area contributed by atoms with E-state index in [-0.39, 0.29) is 0 Å². The zero-order valence-electron chi connectivity index (χ0n) is 6.96. The van der Waals surface area contributed by atoms with Crippen LogP contribution in [0.1, 0.15) is 13.8 Å². The molecule has 0 unspecified atom stereocenters. The summed E-state index contributed by atoms with van der Waals surface area (Å²) >= 11 is 0. The topological polar surface area (TPSA) is 39.1 Å². The van der Waals surface area contributed by atoms with Crippen LogP contribution in [0.5, 0.6) is 0 Å². The van der Waals surface area contributed by atoms with Crippen molar-refractivity contribution in [1.82, 2.24) is 4.98 Å². The Hall–Kier alpha value is -1.12. The van der Waals surface area contributed by atoms with Crippen LogP contribution in [0.2, 0.25) is 0 Å². The van der Waals surface area contributed by atoms with Gasteiger partial charge in [-0.25, -0.2) is 4.98 Å². The average Bonchev–Trinajstić information content (AvgIpc) is 2.03. The molecule has 0 radical (unpaired) electrons. The van der Waals surface area contributed by atoms with Crippen molar-refractivity contribution in [3.8, 4) is 0 Å². The van der Waals surface area contributed by atoms with Crippen LogP contribution >= 0.6 is 0 Å². The Morgan fingerprint density at radius 3 is 3.00 bits per heavy atom. The molecular weight excluding hydrogens is 138 g/mol. The molecule has 0 amide bonds. The van der Waals surface area contributed by atoms with Gasteiger partial charge in [-0.05, 0) is 5.92 Å². The van der Waals surface area contributed by atoms with Crippen molar-refractivity contribution < 1.29 is 4.98 Å². The number of nitrogens with zero attached hydrogens (tertiary/aromatic N) is 1. The summed E-state index contributed by atoms with van der Waals surface area (Å²) in [6.07, 6.45) is 3.62. The van der Waals surface area contributed by atoms with Crippen molar-refractivity contribution in [1.29, 1.82) is 0 Å². The van der Waals surface area contributed by atoms with Crippen LogP contribution in [-0.2, 0) is 0 Å². The molecule has 0 spiro atoms. The minimum atomic E-state index is 0.644. The zero-order chi connectivity index (χ0) is 8.10. The number of hydrogen-bond acceptors (Lipinski definition) is 2. The third-order valence-corrected chi connectivity index (χ3v) is 1.28. The molecular formula is C8H14N3+. The van der Waals surface area contributed by atoms with Crippen molar-refractivity contribution in [2.45, 2.75) is 13.8 Å². The number of nitrogens with one attached hydrogen (secondary N) is 2. The third kappa shape index (κ3) is 2.98. The first-order valence-corrected chi connectivity index (χ1v) is 3.85. The maximum Gasteiger partial charge on any atom is 0.389 e. The van der Waals surface area contributed by atoms with Crippen LogP contribution in [0.4, 0.5) is 5.95 Å². The van der Waals surface area contributed by atoms with Crippen molar-refractivity contribution in [3.05, 3.63) is 18.5 Å². The standard InChI is InChI=1S/C8H13N3/c1-7(2)6-11-8-9-4-3-5-10-8/h3-5,7H,6H2,1-2H3,(H,9,10,11)/p+1. The first-order chi connectivity index (χ1) is 5.29. The van der Waals surface area contributed by atoms with Gasteiger partial charge < -0.3 is 0 Å². The monoisotopic (exact) mass is 152 g/mol. The van der Waals surface area contributed by atoms with Gasteiger partial charge in [0.15, 0.2) is 0 Å². The van der Waals surface area contributed by atoms with E-state index in [1.165, 1.54) is 0 Å². The van der Waals surface area contributed by atoms with E-state index in [9.17, 15) is 0 Å². The van der Waals surface area contributed by atoms with Crippen LogP contribution in [0.3, 0.4) is 0 Å². The second-order valence-electron chi connectivity index (χ2n) is 2.90. The van der Waals surface area contributed by atoms with E-state index in [0.29, 0.717) is 5.92 Å². The van der Waals surface area contributed by atoms with Gasteiger partial charge in [-0.1, -0.05) is 18.8 Å². The fraction of sp³-hybridized carbons (Fsp3) is 0.500. The molecule has 0 saturated heterocycles. The summed E-state index contributed by atoms with van der Waals surface area (Å²) < 4.78 is 0. The highest BCUT2D eigenvalue weighted by atomic mass is 15.1. The van der Waals surface area contributed by atoms with Gasteiger partial charge in [0, 0.05) is 6.07 Å². The Balaban J connectivity index is 2.39. The fourth-order valence-corrected chi connectivity index (χ4v) is 0.722. The second-order valence-corrected chi connectivity index (χ2v) is 2.90. The highest BCUT2D eigenvalue weighted by Crippen LogP contribution is 1.93. The van der Waals surface area contributed by atoms with Gasteiger partial charge in [0.05, 0.1) is 12.7 Å². The highest BCUT2D eigenvalue weighted by Gasteiger charge is 2.01. The molecule has 60 valence electrons. The quantitative estimate of drug-likeness (QED) is 0.700. The van der Waals surface area contributed by atoms with Crippen molar-refractivity contribution in [3.63, 3.8) is 0 Å². The summed E-state index contributed by atoms with van der Waals surface area (Å²) in [7, 11) is 0. The molecule has 0 aliphatic rings. The lowest BCUT2D eigenvalue weighted by Crippen LogP contribution is -2.17. The third-order valence-electron chi connectivity index (χ3n) is 1.28. The van der Waals surface area contributed by atoms with Gasteiger partial charge in [-0.2, -0.15) is 0 Å². The molecule has 0 aliphatic carbocycles. The molecule has 0 saturated carbocycles. The largest absolute Gasteiger partial charge is 0.389 e. The highest BCUT2D eigenvalue weighted by molar-refractivity contribution is 5.13. The molecule has 1 rings (SSSR count). The number of aromatic nitrogens is 2. The van der Waals surface area contributed by atoms with Crippen molar-refractivity contribution in [2.75, 3.05) is 11.9 Å². The molecule has 3 heteroatoms. The molecule has 1 aromatic rings. The molecule has 3 nitrogen and oxygen atoms in total. The van der Waals surface area contributed by atoms with Gasteiger partial charge in [0.2, 0.25) is 0 Å². The molecule has 0 bridgehead atoms. The average molecular weight is 152 g/mol. The van der Waals surface area contributed by atoms with Gasteiger partial charge in [0.25, 0.3) is 0 Å². The summed E-state index contributed by atoms with van der Waals surface area (Å²) in [5, 5.41) is 3.18. The maximum absolute atomic E-state index is 4.08. The summed E-state index contributed by atoms with van der Waals surface area (Å²) in [5.74, 6) is 1.48. The Labute approximate surface area is 66.9 Å². The first-order valence-electron chi connectivity index (χ1n) is 3.85. The Morgan fingerprint density at radius 2 is 2.45 bits per heavy atom. The summed E-state index contributed by atoms with van der Waals surface area (Å²) in [6, 6.07) is 1.86. The number of H-pyrrole nitrogens is 1. The lowest BCUT2D eigenvalue weighted by Gasteiger charge is -1.99. The molecule has 0 aliphatic heterocycles. The molecule has 2 N–H and O–H groups in total.